The van der Waals surface area contributed by atoms with Crippen molar-refractivity contribution in [3.63, 3.8) is 0 Å². The molecule has 0 heterocycles. The van der Waals surface area contributed by atoms with Crippen LogP contribution in [0, 0.1) is 13.8 Å². The molecule has 0 fully saturated rings. The molecule has 0 aromatic heterocycles. The molecule has 1 aromatic carbocycles. The Bertz CT molecular complexity index is 388. The van der Waals surface area contributed by atoms with E-state index in [0.29, 0.717) is 6.42 Å². The summed E-state index contributed by atoms with van der Waals surface area (Å²) >= 11 is 0. The van der Waals surface area contributed by atoms with Crippen LogP contribution in [0.15, 0.2) is 18.2 Å². The van der Waals surface area contributed by atoms with E-state index in [0.717, 1.165) is 13.1 Å². The number of aliphatic carboxylic acids is 1. The van der Waals surface area contributed by atoms with Crippen molar-refractivity contribution in [2.45, 2.75) is 33.6 Å². The number of carboxylic acid groups (broad SMARTS) is 1. The second kappa shape index (κ2) is 6.28. The average molecular weight is 235 g/mol. The van der Waals surface area contributed by atoms with Gasteiger partial charge in [0.1, 0.15) is 0 Å². The lowest BCUT2D eigenvalue weighted by Crippen LogP contribution is -2.25. The maximum absolute atomic E-state index is 10.5. The van der Waals surface area contributed by atoms with Crippen LogP contribution >= 0.6 is 0 Å². The lowest BCUT2D eigenvalue weighted by Gasteiger charge is -2.25. The largest absolute Gasteiger partial charge is 0.481 e. The molecule has 0 atom stereocenters. The molecule has 0 aliphatic heterocycles. The first-order valence-corrected chi connectivity index (χ1v) is 6.08. The number of hydrogen-bond acceptors (Lipinski definition) is 2. The Labute approximate surface area is 103 Å². The van der Waals surface area contributed by atoms with Crippen LogP contribution in [0.5, 0.6) is 0 Å². The van der Waals surface area contributed by atoms with E-state index in [1.165, 1.54) is 16.8 Å². The van der Waals surface area contributed by atoms with Crippen LogP contribution in [-0.4, -0.2) is 24.2 Å². The fourth-order valence-electron chi connectivity index (χ4n) is 1.93. The number of nitrogens with zero attached hydrogens (tertiary/aromatic N) is 1. The highest BCUT2D eigenvalue weighted by Crippen LogP contribution is 2.21. The van der Waals surface area contributed by atoms with Crippen LogP contribution < -0.4 is 4.90 Å². The minimum atomic E-state index is -0.720. The summed E-state index contributed by atoms with van der Waals surface area (Å²) in [5, 5.41) is 8.65. The van der Waals surface area contributed by atoms with Gasteiger partial charge in [-0.25, -0.2) is 0 Å². The van der Waals surface area contributed by atoms with Gasteiger partial charge in [0.2, 0.25) is 0 Å². The number of benzene rings is 1. The second-order valence-corrected chi connectivity index (χ2v) is 4.37. The quantitative estimate of drug-likeness (QED) is 0.824. The molecule has 1 aromatic rings. The van der Waals surface area contributed by atoms with Gasteiger partial charge < -0.3 is 10.0 Å². The van der Waals surface area contributed by atoms with E-state index in [1.54, 1.807) is 0 Å². The minimum Gasteiger partial charge on any atom is -0.481 e. The summed E-state index contributed by atoms with van der Waals surface area (Å²) in [5.74, 6) is -0.720. The van der Waals surface area contributed by atoms with Gasteiger partial charge in [-0.2, -0.15) is 0 Å². The fourth-order valence-corrected chi connectivity index (χ4v) is 1.93. The van der Waals surface area contributed by atoms with Crippen LogP contribution in [0.1, 0.15) is 30.9 Å². The Kier molecular flexibility index (Phi) is 5.01. The van der Waals surface area contributed by atoms with E-state index in [1.807, 2.05) is 0 Å². The Morgan fingerprint density at radius 1 is 1.35 bits per heavy atom. The maximum Gasteiger partial charge on any atom is 0.303 e. The summed E-state index contributed by atoms with van der Waals surface area (Å²) in [6.07, 6.45) is 0.928. The van der Waals surface area contributed by atoms with Crippen molar-refractivity contribution in [1.82, 2.24) is 0 Å². The van der Waals surface area contributed by atoms with E-state index in [9.17, 15) is 4.79 Å². The van der Waals surface area contributed by atoms with Crippen LogP contribution in [0.2, 0.25) is 0 Å². The number of rotatable bonds is 6. The molecular formula is C14H21NO2. The lowest BCUT2D eigenvalue weighted by atomic mass is 10.1. The van der Waals surface area contributed by atoms with E-state index >= 15 is 0 Å². The summed E-state index contributed by atoms with van der Waals surface area (Å²) in [4.78, 5) is 12.7. The lowest BCUT2D eigenvalue weighted by molar-refractivity contribution is -0.137. The van der Waals surface area contributed by atoms with Crippen LogP contribution in [-0.2, 0) is 4.79 Å². The van der Waals surface area contributed by atoms with Crippen molar-refractivity contribution in [3.05, 3.63) is 29.3 Å². The molecule has 0 saturated heterocycles. The van der Waals surface area contributed by atoms with Crippen molar-refractivity contribution in [3.8, 4) is 0 Å². The predicted octanol–water partition coefficient (Wildman–Crippen LogP) is 2.99. The van der Waals surface area contributed by atoms with Gasteiger partial charge in [0.15, 0.2) is 0 Å². The monoisotopic (exact) mass is 235 g/mol. The van der Waals surface area contributed by atoms with Crippen LogP contribution in [0.25, 0.3) is 0 Å². The number of aryl methyl sites for hydroxylation is 2. The summed E-state index contributed by atoms with van der Waals surface area (Å²) in [7, 11) is 0. The smallest absolute Gasteiger partial charge is 0.303 e. The SMILES string of the molecule is CCN(CCCC(=O)O)c1cc(C)ccc1C. The Morgan fingerprint density at radius 2 is 2.06 bits per heavy atom. The molecule has 1 N–H and O–H groups in total. The highest BCUT2D eigenvalue weighted by atomic mass is 16.4. The Morgan fingerprint density at radius 3 is 2.65 bits per heavy atom. The zero-order chi connectivity index (χ0) is 12.8. The molecule has 0 unspecified atom stereocenters. The standard InChI is InChI=1S/C14H21NO2/c1-4-15(9-5-6-14(16)17)13-10-11(2)7-8-12(13)3/h7-8,10H,4-6,9H2,1-3H3,(H,16,17). The molecule has 0 aliphatic carbocycles. The molecule has 0 aliphatic rings. The summed E-state index contributed by atoms with van der Waals surface area (Å²) in [6.45, 7) is 7.97. The van der Waals surface area contributed by atoms with Gasteiger partial charge in [0.05, 0.1) is 0 Å². The van der Waals surface area contributed by atoms with E-state index in [2.05, 4.69) is 43.9 Å². The molecule has 3 nitrogen and oxygen atoms in total. The first-order chi connectivity index (χ1) is 8.04. The molecule has 0 amide bonds. The van der Waals surface area contributed by atoms with Gasteiger partial charge in [-0.05, 0) is 44.4 Å². The van der Waals surface area contributed by atoms with Gasteiger partial charge in [-0.1, -0.05) is 12.1 Å². The number of hydrogen-bond donors (Lipinski definition) is 1. The molecule has 0 saturated carbocycles. The molecule has 94 valence electrons. The molecular weight excluding hydrogens is 214 g/mol. The molecule has 1 rings (SSSR count). The third kappa shape index (κ3) is 4.10. The van der Waals surface area contributed by atoms with Gasteiger partial charge in [0, 0.05) is 25.2 Å². The van der Waals surface area contributed by atoms with Gasteiger partial charge in [-0.15, -0.1) is 0 Å². The fraction of sp³-hybridized carbons (Fsp3) is 0.500. The molecule has 3 heteroatoms. The average Bonchev–Trinajstić information content (AvgIpc) is 2.28. The Balaban J connectivity index is 2.72. The minimum absolute atomic E-state index is 0.237. The predicted molar refractivity (Wildman–Crippen MR) is 70.7 cm³/mol. The third-order valence-corrected chi connectivity index (χ3v) is 2.91. The molecule has 0 bridgehead atoms. The van der Waals surface area contributed by atoms with E-state index in [4.69, 9.17) is 5.11 Å². The van der Waals surface area contributed by atoms with Gasteiger partial charge in [-0.3, -0.25) is 4.79 Å². The number of carbonyl (C=O) groups is 1. The summed E-state index contributed by atoms with van der Waals surface area (Å²) in [6, 6.07) is 6.38. The molecule has 0 spiro atoms. The summed E-state index contributed by atoms with van der Waals surface area (Å²) in [5.41, 5.74) is 3.70. The van der Waals surface area contributed by atoms with E-state index in [-0.39, 0.29) is 6.42 Å². The first-order valence-electron chi connectivity index (χ1n) is 6.08. The Hall–Kier alpha value is -1.51. The maximum atomic E-state index is 10.5. The third-order valence-electron chi connectivity index (χ3n) is 2.91. The number of carboxylic acids is 1. The zero-order valence-corrected chi connectivity index (χ0v) is 10.9. The van der Waals surface area contributed by atoms with Crippen LogP contribution in [0.4, 0.5) is 5.69 Å². The van der Waals surface area contributed by atoms with Crippen LogP contribution in [0.3, 0.4) is 0 Å². The number of anilines is 1. The highest BCUT2D eigenvalue weighted by Gasteiger charge is 2.08. The topological polar surface area (TPSA) is 40.5 Å². The van der Waals surface area contributed by atoms with Crippen molar-refractivity contribution >= 4 is 11.7 Å². The zero-order valence-electron chi connectivity index (χ0n) is 10.9. The van der Waals surface area contributed by atoms with Crippen molar-refractivity contribution in [1.29, 1.82) is 0 Å². The van der Waals surface area contributed by atoms with Crippen molar-refractivity contribution < 1.29 is 9.90 Å². The highest BCUT2D eigenvalue weighted by molar-refractivity contribution is 5.66. The first kappa shape index (κ1) is 13.6. The van der Waals surface area contributed by atoms with Gasteiger partial charge >= 0.3 is 5.97 Å². The molecule has 17 heavy (non-hydrogen) atoms. The second-order valence-electron chi connectivity index (χ2n) is 4.37. The van der Waals surface area contributed by atoms with Crippen molar-refractivity contribution in [2.24, 2.45) is 0 Å². The summed E-state index contributed by atoms with van der Waals surface area (Å²) < 4.78 is 0. The van der Waals surface area contributed by atoms with E-state index < -0.39 is 5.97 Å². The van der Waals surface area contributed by atoms with Crippen molar-refractivity contribution in [2.75, 3.05) is 18.0 Å². The normalized spacial score (nSPS) is 10.3. The van der Waals surface area contributed by atoms with Gasteiger partial charge in [0.25, 0.3) is 0 Å². The molecule has 0 radical (unpaired) electrons.